The molecule has 24 heavy (non-hydrogen) atoms. The lowest BCUT2D eigenvalue weighted by atomic mass is 10.1. The number of H-pyrrole nitrogens is 1. The van der Waals surface area contributed by atoms with Crippen LogP contribution in [0, 0.1) is 0 Å². The number of para-hydroxylation sites is 2. The number of benzene rings is 1. The Morgan fingerprint density at radius 2 is 1.96 bits per heavy atom. The molecular weight excluding hydrogens is 304 g/mol. The third-order valence-corrected chi connectivity index (χ3v) is 3.84. The topological polar surface area (TPSA) is 87.7 Å². The molecule has 1 unspecified atom stereocenters. The van der Waals surface area contributed by atoms with E-state index in [9.17, 15) is 9.59 Å². The first kappa shape index (κ1) is 15.9. The van der Waals surface area contributed by atoms with Crippen molar-refractivity contribution in [2.45, 2.75) is 25.8 Å². The molecule has 0 saturated carbocycles. The van der Waals surface area contributed by atoms with Gasteiger partial charge in [-0.3, -0.25) is 14.6 Å². The highest BCUT2D eigenvalue weighted by Gasteiger charge is 2.11. The molecule has 0 spiro atoms. The van der Waals surface area contributed by atoms with Crippen molar-refractivity contribution in [3.05, 3.63) is 70.4 Å². The van der Waals surface area contributed by atoms with Crippen molar-refractivity contribution in [3.8, 4) is 0 Å². The molecule has 6 nitrogen and oxygen atoms in total. The van der Waals surface area contributed by atoms with Gasteiger partial charge in [-0.25, -0.2) is 4.98 Å². The van der Waals surface area contributed by atoms with Crippen molar-refractivity contribution in [1.29, 1.82) is 0 Å². The van der Waals surface area contributed by atoms with E-state index in [0.29, 0.717) is 17.6 Å². The molecule has 3 aromatic rings. The van der Waals surface area contributed by atoms with Crippen LogP contribution in [0.4, 0.5) is 0 Å². The summed E-state index contributed by atoms with van der Waals surface area (Å²) in [6, 6.07) is 11.0. The van der Waals surface area contributed by atoms with Crippen LogP contribution in [-0.4, -0.2) is 20.9 Å². The molecule has 0 radical (unpaired) electrons. The van der Waals surface area contributed by atoms with Crippen molar-refractivity contribution in [3.63, 3.8) is 0 Å². The van der Waals surface area contributed by atoms with Gasteiger partial charge >= 0.3 is 0 Å². The van der Waals surface area contributed by atoms with Gasteiger partial charge in [0.15, 0.2) is 0 Å². The number of amides is 1. The number of rotatable bonds is 5. The van der Waals surface area contributed by atoms with E-state index in [4.69, 9.17) is 0 Å². The molecule has 1 amide bonds. The van der Waals surface area contributed by atoms with Gasteiger partial charge in [0.2, 0.25) is 5.91 Å². The summed E-state index contributed by atoms with van der Waals surface area (Å²) in [6.45, 7) is 1.91. The maximum Gasteiger partial charge on any atom is 0.270 e. The third kappa shape index (κ3) is 3.65. The van der Waals surface area contributed by atoms with Gasteiger partial charge in [-0.05, 0) is 36.8 Å². The molecule has 6 heteroatoms. The summed E-state index contributed by atoms with van der Waals surface area (Å²) in [5.74, 6) is -0.117. The number of hydrogen-bond acceptors (Lipinski definition) is 4. The predicted octanol–water partition coefficient (Wildman–Crippen LogP) is 2.13. The van der Waals surface area contributed by atoms with Crippen LogP contribution in [0.3, 0.4) is 0 Å². The number of fused-ring (bicyclic) bond motifs is 1. The van der Waals surface area contributed by atoms with Gasteiger partial charge in [-0.1, -0.05) is 12.1 Å². The van der Waals surface area contributed by atoms with Crippen molar-refractivity contribution in [2.75, 3.05) is 0 Å². The zero-order chi connectivity index (χ0) is 16.9. The first-order valence-corrected chi connectivity index (χ1v) is 7.81. The van der Waals surface area contributed by atoms with E-state index in [1.807, 2.05) is 37.3 Å². The number of pyridine rings is 1. The molecule has 2 N–H and O–H groups in total. The molecule has 1 atom stereocenters. The Labute approximate surface area is 139 Å². The van der Waals surface area contributed by atoms with Crippen LogP contribution in [0.5, 0.6) is 0 Å². The van der Waals surface area contributed by atoms with Crippen LogP contribution in [0.25, 0.3) is 11.0 Å². The maximum absolute atomic E-state index is 12.1. The second-order valence-electron chi connectivity index (χ2n) is 5.60. The molecule has 122 valence electrons. The number of nitrogens with zero attached hydrogens (tertiary/aromatic N) is 2. The van der Waals surface area contributed by atoms with Crippen molar-refractivity contribution < 1.29 is 4.79 Å². The second-order valence-corrected chi connectivity index (χ2v) is 5.60. The highest BCUT2D eigenvalue weighted by Crippen LogP contribution is 2.11. The molecular formula is C18H18N4O2. The lowest BCUT2D eigenvalue weighted by Crippen LogP contribution is -2.27. The predicted molar refractivity (Wildman–Crippen MR) is 91.5 cm³/mol. The van der Waals surface area contributed by atoms with Gasteiger partial charge in [0.1, 0.15) is 5.69 Å². The first-order valence-electron chi connectivity index (χ1n) is 7.81. The third-order valence-electron chi connectivity index (χ3n) is 3.84. The Morgan fingerprint density at radius 3 is 2.75 bits per heavy atom. The zero-order valence-corrected chi connectivity index (χ0v) is 13.3. The molecule has 0 aliphatic rings. The largest absolute Gasteiger partial charge is 0.350 e. The zero-order valence-electron chi connectivity index (χ0n) is 13.3. The van der Waals surface area contributed by atoms with Gasteiger partial charge in [-0.15, -0.1) is 0 Å². The molecule has 0 saturated heterocycles. The van der Waals surface area contributed by atoms with Crippen molar-refractivity contribution in [2.24, 2.45) is 0 Å². The number of aromatic amines is 1. The van der Waals surface area contributed by atoms with E-state index in [2.05, 4.69) is 20.3 Å². The summed E-state index contributed by atoms with van der Waals surface area (Å²) in [5, 5.41) is 2.92. The molecule has 0 bridgehead atoms. The molecule has 0 aliphatic carbocycles. The van der Waals surface area contributed by atoms with E-state index in [0.717, 1.165) is 11.1 Å². The minimum atomic E-state index is -0.247. The minimum Gasteiger partial charge on any atom is -0.350 e. The lowest BCUT2D eigenvalue weighted by Gasteiger charge is -2.13. The van der Waals surface area contributed by atoms with Crippen LogP contribution in [-0.2, 0) is 11.2 Å². The summed E-state index contributed by atoms with van der Waals surface area (Å²) in [6.07, 6.45) is 3.89. The second kappa shape index (κ2) is 7.04. The number of aromatic nitrogens is 3. The fraction of sp³-hybridized carbons (Fsp3) is 0.222. The lowest BCUT2D eigenvalue weighted by molar-refractivity contribution is -0.121. The van der Waals surface area contributed by atoms with E-state index in [1.165, 1.54) is 0 Å². The fourth-order valence-corrected chi connectivity index (χ4v) is 2.52. The summed E-state index contributed by atoms with van der Waals surface area (Å²) < 4.78 is 0. The average molecular weight is 322 g/mol. The van der Waals surface area contributed by atoms with Crippen LogP contribution < -0.4 is 10.9 Å². The molecule has 0 aliphatic heterocycles. The maximum atomic E-state index is 12.1. The van der Waals surface area contributed by atoms with Gasteiger partial charge < -0.3 is 10.3 Å². The number of aryl methyl sites for hydroxylation is 1. The summed E-state index contributed by atoms with van der Waals surface area (Å²) >= 11 is 0. The smallest absolute Gasteiger partial charge is 0.270 e. The normalized spacial score (nSPS) is 12.0. The Kier molecular flexibility index (Phi) is 4.65. The van der Waals surface area contributed by atoms with Gasteiger partial charge in [0.25, 0.3) is 5.56 Å². The number of nitrogens with one attached hydrogen (secondary N) is 2. The van der Waals surface area contributed by atoms with E-state index >= 15 is 0 Å². The number of carbonyl (C=O) groups is 1. The quantitative estimate of drug-likeness (QED) is 0.753. The van der Waals surface area contributed by atoms with Crippen LogP contribution in [0.1, 0.15) is 30.6 Å². The molecule has 0 fully saturated rings. The minimum absolute atomic E-state index is 0.108. The Balaban J connectivity index is 1.64. The number of carbonyl (C=O) groups excluding carboxylic acids is 1. The van der Waals surface area contributed by atoms with Crippen LogP contribution in [0.2, 0.25) is 0 Å². The number of hydrogen-bond donors (Lipinski definition) is 2. The van der Waals surface area contributed by atoms with E-state index < -0.39 is 0 Å². The fourth-order valence-electron chi connectivity index (χ4n) is 2.52. The van der Waals surface area contributed by atoms with Crippen molar-refractivity contribution in [1.82, 2.24) is 20.3 Å². The summed E-state index contributed by atoms with van der Waals surface area (Å²) in [4.78, 5) is 35.2. The van der Waals surface area contributed by atoms with E-state index in [-0.39, 0.29) is 23.9 Å². The molecule has 3 rings (SSSR count). The first-order chi connectivity index (χ1) is 11.6. The highest BCUT2D eigenvalue weighted by atomic mass is 16.1. The Hall–Kier alpha value is -3.02. The standard InChI is InChI=1S/C18H18N4O2/c1-12(13-8-10-19-11-9-13)20-17(23)7-6-16-18(24)22-15-5-3-2-4-14(15)21-16/h2-5,8-12H,6-7H2,1H3,(H,20,23)(H,22,24). The summed E-state index contributed by atoms with van der Waals surface area (Å²) in [5.41, 5.74) is 2.53. The van der Waals surface area contributed by atoms with Crippen molar-refractivity contribution >= 4 is 16.9 Å². The van der Waals surface area contributed by atoms with Crippen LogP contribution in [0.15, 0.2) is 53.6 Å². The van der Waals surface area contributed by atoms with Gasteiger partial charge in [0.05, 0.1) is 17.1 Å². The highest BCUT2D eigenvalue weighted by molar-refractivity contribution is 5.77. The molecule has 2 heterocycles. The van der Waals surface area contributed by atoms with Gasteiger partial charge in [-0.2, -0.15) is 0 Å². The molecule has 2 aromatic heterocycles. The Morgan fingerprint density at radius 1 is 1.21 bits per heavy atom. The Bertz CT molecular complexity index is 906. The average Bonchev–Trinajstić information content (AvgIpc) is 2.60. The van der Waals surface area contributed by atoms with E-state index in [1.54, 1.807) is 18.5 Å². The van der Waals surface area contributed by atoms with Gasteiger partial charge in [0, 0.05) is 25.2 Å². The summed E-state index contributed by atoms with van der Waals surface area (Å²) in [7, 11) is 0. The molecule has 1 aromatic carbocycles. The van der Waals surface area contributed by atoms with Crippen LogP contribution >= 0.6 is 0 Å². The monoisotopic (exact) mass is 322 g/mol. The SMILES string of the molecule is CC(NC(=O)CCc1nc2ccccc2[nH]c1=O)c1ccncc1.